The van der Waals surface area contributed by atoms with Gasteiger partial charge in [0.2, 0.25) is 11.0 Å². The molecule has 31 heavy (non-hydrogen) atoms. The maximum Gasteiger partial charge on any atom is 0.213 e. The van der Waals surface area contributed by atoms with Gasteiger partial charge in [-0.3, -0.25) is 0 Å². The summed E-state index contributed by atoms with van der Waals surface area (Å²) in [6, 6.07) is 23.8. The Morgan fingerprint density at radius 3 is 2.00 bits per heavy atom. The van der Waals surface area contributed by atoms with Gasteiger partial charge in [-0.25, -0.2) is 0 Å². The lowest BCUT2D eigenvalue weighted by Gasteiger charge is -2.23. The quantitative estimate of drug-likeness (QED) is 0.253. The van der Waals surface area contributed by atoms with Crippen LogP contribution in [-0.4, -0.2) is 20.2 Å². The molecule has 4 rings (SSSR count). The molecule has 4 aromatic rings. The fraction of sp³-hybridized carbons (Fsp3) is 0.222. The highest BCUT2D eigenvalue weighted by molar-refractivity contribution is 6.08. The van der Waals surface area contributed by atoms with Gasteiger partial charge in [-0.1, -0.05) is 30.8 Å². The molecular formula is C27H29ClN2O. The van der Waals surface area contributed by atoms with Crippen molar-refractivity contribution in [3.05, 3.63) is 79.4 Å². The van der Waals surface area contributed by atoms with Gasteiger partial charge in [0.25, 0.3) is 0 Å². The number of pyridine rings is 1. The SMILES string of the molecule is C=CC[n+]1c2ccccc2c(-c2ccc(N(CC)CC)cc2OC)c2ccccc21.[Cl-]. The fourth-order valence-corrected chi connectivity index (χ4v) is 4.40. The lowest BCUT2D eigenvalue weighted by Crippen LogP contribution is -3.00. The summed E-state index contributed by atoms with van der Waals surface area (Å²) in [4.78, 5) is 2.34. The lowest BCUT2D eigenvalue weighted by molar-refractivity contribution is -0.634. The number of benzene rings is 3. The van der Waals surface area contributed by atoms with Crippen LogP contribution in [0.4, 0.5) is 5.69 Å². The van der Waals surface area contributed by atoms with Crippen molar-refractivity contribution in [2.24, 2.45) is 0 Å². The molecule has 0 aliphatic rings. The summed E-state index contributed by atoms with van der Waals surface area (Å²) in [6.45, 7) is 11.0. The first-order valence-electron chi connectivity index (χ1n) is 10.6. The molecule has 0 radical (unpaired) electrons. The molecular weight excluding hydrogens is 404 g/mol. The predicted octanol–water partition coefficient (Wildman–Crippen LogP) is 2.99. The molecule has 0 aliphatic carbocycles. The van der Waals surface area contributed by atoms with Crippen LogP contribution in [0, 0.1) is 0 Å². The van der Waals surface area contributed by atoms with Gasteiger partial charge in [-0.15, -0.1) is 0 Å². The summed E-state index contributed by atoms with van der Waals surface area (Å²) in [7, 11) is 1.76. The van der Waals surface area contributed by atoms with Crippen molar-refractivity contribution in [2.75, 3.05) is 25.1 Å². The van der Waals surface area contributed by atoms with Crippen LogP contribution < -0.4 is 26.6 Å². The van der Waals surface area contributed by atoms with E-state index >= 15 is 0 Å². The summed E-state index contributed by atoms with van der Waals surface area (Å²) >= 11 is 0. The van der Waals surface area contributed by atoms with Crippen LogP contribution in [0.1, 0.15) is 13.8 Å². The highest BCUT2D eigenvalue weighted by Gasteiger charge is 2.22. The number of aromatic nitrogens is 1. The van der Waals surface area contributed by atoms with E-state index < -0.39 is 0 Å². The van der Waals surface area contributed by atoms with Crippen LogP contribution in [0.3, 0.4) is 0 Å². The highest BCUT2D eigenvalue weighted by atomic mass is 35.5. The molecule has 0 atom stereocenters. The van der Waals surface area contributed by atoms with Gasteiger partial charge in [-0.2, -0.15) is 4.57 Å². The topological polar surface area (TPSA) is 16.4 Å². The molecule has 0 amide bonds. The Morgan fingerprint density at radius 2 is 1.48 bits per heavy atom. The Morgan fingerprint density at radius 1 is 0.903 bits per heavy atom. The summed E-state index contributed by atoms with van der Waals surface area (Å²) < 4.78 is 8.24. The molecule has 3 nitrogen and oxygen atoms in total. The average molecular weight is 433 g/mol. The van der Waals surface area contributed by atoms with Gasteiger partial charge < -0.3 is 22.0 Å². The van der Waals surface area contributed by atoms with Crippen molar-refractivity contribution in [1.82, 2.24) is 0 Å². The smallest absolute Gasteiger partial charge is 0.213 e. The zero-order valence-electron chi connectivity index (χ0n) is 18.4. The molecule has 0 bridgehead atoms. The van der Waals surface area contributed by atoms with Crippen LogP contribution in [0.5, 0.6) is 5.75 Å². The largest absolute Gasteiger partial charge is 1.00 e. The number of methoxy groups -OCH3 is 1. The number of hydrogen-bond donors (Lipinski definition) is 0. The van der Waals surface area contributed by atoms with E-state index in [4.69, 9.17) is 4.74 Å². The summed E-state index contributed by atoms with van der Waals surface area (Å²) in [5.74, 6) is 0.899. The molecule has 1 heterocycles. The summed E-state index contributed by atoms with van der Waals surface area (Å²) in [5.41, 5.74) is 5.91. The number of para-hydroxylation sites is 2. The number of halogens is 1. The lowest BCUT2D eigenvalue weighted by atomic mass is 9.94. The first-order valence-corrected chi connectivity index (χ1v) is 10.6. The first-order chi connectivity index (χ1) is 14.7. The van der Waals surface area contributed by atoms with Crippen LogP contribution in [0.25, 0.3) is 32.9 Å². The number of anilines is 1. The molecule has 160 valence electrons. The second-order valence-corrected chi connectivity index (χ2v) is 7.37. The maximum atomic E-state index is 5.91. The van der Waals surface area contributed by atoms with Crippen molar-refractivity contribution < 1.29 is 21.7 Å². The van der Waals surface area contributed by atoms with Crippen molar-refractivity contribution in [2.45, 2.75) is 20.4 Å². The van der Waals surface area contributed by atoms with Crippen molar-refractivity contribution in [1.29, 1.82) is 0 Å². The zero-order valence-corrected chi connectivity index (χ0v) is 19.2. The molecule has 0 spiro atoms. The van der Waals surface area contributed by atoms with Gasteiger partial charge in [0.15, 0.2) is 6.54 Å². The van der Waals surface area contributed by atoms with Gasteiger partial charge in [0.1, 0.15) is 5.75 Å². The van der Waals surface area contributed by atoms with Gasteiger partial charge >= 0.3 is 0 Å². The molecule has 1 aromatic heterocycles. The van der Waals surface area contributed by atoms with Gasteiger partial charge in [-0.05, 0) is 44.2 Å². The van der Waals surface area contributed by atoms with E-state index in [0.29, 0.717) is 0 Å². The second-order valence-electron chi connectivity index (χ2n) is 7.37. The normalized spacial score (nSPS) is 10.7. The monoisotopic (exact) mass is 432 g/mol. The van der Waals surface area contributed by atoms with E-state index in [0.717, 1.165) is 30.9 Å². The highest BCUT2D eigenvalue weighted by Crippen LogP contribution is 2.40. The Hall–Kier alpha value is -3.04. The third-order valence-corrected chi connectivity index (χ3v) is 5.82. The molecule has 0 N–H and O–H groups in total. The molecule has 4 heteroatoms. The van der Waals surface area contributed by atoms with Crippen molar-refractivity contribution >= 4 is 27.5 Å². The van der Waals surface area contributed by atoms with Crippen LogP contribution >= 0.6 is 0 Å². The number of allylic oxidation sites excluding steroid dienone is 1. The van der Waals surface area contributed by atoms with E-state index in [-0.39, 0.29) is 12.4 Å². The number of hydrogen-bond acceptors (Lipinski definition) is 2. The maximum absolute atomic E-state index is 5.91. The number of rotatable bonds is 7. The van der Waals surface area contributed by atoms with E-state index in [1.807, 2.05) is 6.08 Å². The summed E-state index contributed by atoms with van der Waals surface area (Å²) in [5, 5.41) is 2.43. The third-order valence-electron chi connectivity index (χ3n) is 5.82. The molecule has 0 saturated heterocycles. The fourth-order valence-electron chi connectivity index (χ4n) is 4.40. The van der Waals surface area contributed by atoms with Crippen molar-refractivity contribution in [3.63, 3.8) is 0 Å². The van der Waals surface area contributed by atoms with Crippen molar-refractivity contribution in [3.8, 4) is 16.9 Å². The third kappa shape index (κ3) is 3.98. The molecule has 0 unspecified atom stereocenters. The Bertz CT molecular complexity index is 1160. The Labute approximate surface area is 191 Å². The number of fused-ring (bicyclic) bond motifs is 2. The second kappa shape index (κ2) is 9.84. The van der Waals surface area contributed by atoms with Crippen LogP contribution in [0.15, 0.2) is 79.4 Å². The minimum Gasteiger partial charge on any atom is -1.00 e. The molecule has 0 aliphatic heterocycles. The Balaban J connectivity index is 0.00000272. The minimum atomic E-state index is 0. The van der Waals surface area contributed by atoms with Gasteiger partial charge in [0.05, 0.1) is 17.9 Å². The number of nitrogens with zero attached hydrogens (tertiary/aromatic N) is 2. The zero-order chi connectivity index (χ0) is 21.1. The van der Waals surface area contributed by atoms with E-state index in [1.165, 1.54) is 33.1 Å². The number of ether oxygens (including phenoxy) is 1. The van der Waals surface area contributed by atoms with Crippen LogP contribution in [0.2, 0.25) is 0 Å². The molecule has 0 saturated carbocycles. The van der Waals surface area contributed by atoms with Crippen LogP contribution in [-0.2, 0) is 6.54 Å². The summed E-state index contributed by atoms with van der Waals surface area (Å²) in [6.07, 6.45) is 1.96. The standard InChI is InChI=1S/C27H29N2O.ClH/c1-5-18-29-24-14-10-8-12-21(24)27(22-13-9-11-15-25(22)29)23-17-16-20(19-26(23)30-4)28(6-2)7-3;/h5,8-17,19H,1,6-7,18H2,2-4H3;1H/q+1;/p-1. The molecule has 3 aromatic carbocycles. The minimum absolute atomic E-state index is 0. The molecule has 0 fully saturated rings. The van der Waals surface area contributed by atoms with E-state index in [1.54, 1.807) is 7.11 Å². The van der Waals surface area contributed by atoms with E-state index in [2.05, 4.69) is 96.6 Å². The van der Waals surface area contributed by atoms with E-state index in [9.17, 15) is 0 Å². The Kier molecular flexibility index (Phi) is 7.19. The average Bonchev–Trinajstić information content (AvgIpc) is 2.80. The van der Waals surface area contributed by atoms with Gasteiger partial charge in [0, 0.05) is 48.1 Å². The first kappa shape index (κ1) is 22.6. The predicted molar refractivity (Wildman–Crippen MR) is 127 cm³/mol.